The van der Waals surface area contributed by atoms with Gasteiger partial charge in [0.25, 0.3) is 5.24 Å². The van der Waals surface area contributed by atoms with Crippen molar-refractivity contribution in [1.82, 2.24) is 4.90 Å². The number of unbranched alkanes of at least 4 members (excludes halogenated alkanes) is 2. The number of thiocarbonyl (C=S) groups is 1. The Kier molecular flexibility index (Phi) is 8.15. The first-order valence-electron chi connectivity index (χ1n) is 8.58. The van der Waals surface area contributed by atoms with Crippen molar-refractivity contribution in [2.45, 2.75) is 39.0 Å². The van der Waals surface area contributed by atoms with Crippen LogP contribution in [0, 0.1) is 0 Å². The Hall–Kier alpha value is -1.66. The molecule has 134 valence electrons. The predicted molar refractivity (Wildman–Crippen MR) is 106 cm³/mol. The van der Waals surface area contributed by atoms with Crippen LogP contribution in [-0.2, 0) is 9.53 Å². The lowest BCUT2D eigenvalue weighted by atomic mass is 10.2. The molecule has 1 saturated heterocycles. The van der Waals surface area contributed by atoms with E-state index in [0.717, 1.165) is 41.5 Å². The maximum absolute atomic E-state index is 12.1. The van der Waals surface area contributed by atoms with Crippen LogP contribution in [0.25, 0.3) is 6.08 Å². The Morgan fingerprint density at radius 2 is 2.00 bits per heavy atom. The number of rotatable bonds is 9. The van der Waals surface area contributed by atoms with Crippen LogP contribution in [0.15, 0.2) is 35.2 Å². The van der Waals surface area contributed by atoms with E-state index in [1.165, 1.54) is 0 Å². The van der Waals surface area contributed by atoms with Gasteiger partial charge in [0.05, 0.1) is 11.5 Å². The molecule has 0 unspecified atom stereocenters. The number of benzene rings is 1. The molecule has 1 fully saturated rings. The molecule has 0 bridgehead atoms. The van der Waals surface area contributed by atoms with Crippen molar-refractivity contribution in [1.29, 1.82) is 0 Å². The third-order valence-corrected chi connectivity index (χ3v) is 5.24. The molecule has 4 nitrogen and oxygen atoms in total. The summed E-state index contributed by atoms with van der Waals surface area (Å²) in [5.41, 5.74) is 1.01. The number of amides is 1. The van der Waals surface area contributed by atoms with Crippen molar-refractivity contribution in [3.63, 3.8) is 0 Å². The fourth-order valence-corrected chi connectivity index (χ4v) is 3.67. The van der Waals surface area contributed by atoms with Crippen LogP contribution < -0.4 is 0 Å². The minimum Gasteiger partial charge on any atom is -0.466 e. The summed E-state index contributed by atoms with van der Waals surface area (Å²) >= 11 is 6.56. The lowest BCUT2D eigenvalue weighted by Crippen LogP contribution is -2.28. The van der Waals surface area contributed by atoms with Crippen LogP contribution in [0.1, 0.15) is 44.6 Å². The normalized spacial score (nSPS) is 15.9. The van der Waals surface area contributed by atoms with Crippen LogP contribution in [0.4, 0.5) is 4.79 Å². The zero-order valence-corrected chi connectivity index (χ0v) is 16.0. The minimum absolute atomic E-state index is 0.0801. The van der Waals surface area contributed by atoms with E-state index < -0.39 is 0 Å². The van der Waals surface area contributed by atoms with Gasteiger partial charge >= 0.3 is 5.97 Å². The SMILES string of the molecule is CCCCCOC(=O)CCCN1C(=O)SC(=Cc2ccccc2)C1=S. The van der Waals surface area contributed by atoms with Gasteiger partial charge in [-0.3, -0.25) is 14.5 Å². The molecule has 0 radical (unpaired) electrons. The number of hydrogen-bond acceptors (Lipinski definition) is 5. The Bertz CT molecular complexity index is 643. The van der Waals surface area contributed by atoms with E-state index in [0.29, 0.717) is 31.0 Å². The number of hydrogen-bond donors (Lipinski definition) is 0. The van der Waals surface area contributed by atoms with E-state index in [1.807, 2.05) is 36.4 Å². The molecule has 25 heavy (non-hydrogen) atoms. The topological polar surface area (TPSA) is 46.6 Å². The van der Waals surface area contributed by atoms with E-state index in [2.05, 4.69) is 6.92 Å². The zero-order chi connectivity index (χ0) is 18.1. The molecule has 0 saturated carbocycles. The monoisotopic (exact) mass is 377 g/mol. The van der Waals surface area contributed by atoms with Crippen LogP contribution in [0.2, 0.25) is 0 Å². The third-order valence-electron chi connectivity index (χ3n) is 3.74. The lowest BCUT2D eigenvalue weighted by Gasteiger charge is -2.14. The second kappa shape index (κ2) is 10.4. The number of carbonyl (C=O) groups excluding carboxylic acids is 2. The summed E-state index contributed by atoms with van der Waals surface area (Å²) in [5.74, 6) is -0.207. The average Bonchev–Trinajstić information content (AvgIpc) is 2.87. The first-order valence-corrected chi connectivity index (χ1v) is 9.80. The van der Waals surface area contributed by atoms with E-state index >= 15 is 0 Å². The smallest absolute Gasteiger partial charge is 0.305 e. The van der Waals surface area contributed by atoms with Crippen molar-refractivity contribution in [3.05, 3.63) is 40.8 Å². The molecule has 1 aromatic carbocycles. The van der Waals surface area contributed by atoms with Crippen molar-refractivity contribution >= 4 is 46.3 Å². The molecule has 0 aliphatic carbocycles. The Morgan fingerprint density at radius 1 is 1.24 bits per heavy atom. The van der Waals surface area contributed by atoms with Gasteiger partial charge in [0.15, 0.2) is 0 Å². The Morgan fingerprint density at radius 3 is 2.72 bits per heavy atom. The molecule has 2 rings (SSSR count). The fourth-order valence-electron chi connectivity index (χ4n) is 2.39. The molecule has 0 aromatic heterocycles. The molecule has 0 N–H and O–H groups in total. The third kappa shape index (κ3) is 6.29. The van der Waals surface area contributed by atoms with Crippen molar-refractivity contribution in [3.8, 4) is 0 Å². The highest BCUT2D eigenvalue weighted by Gasteiger charge is 2.31. The van der Waals surface area contributed by atoms with Crippen molar-refractivity contribution in [2.24, 2.45) is 0 Å². The standard InChI is InChI=1S/C19H23NO3S2/c1-2-3-7-13-23-17(21)11-8-12-20-18(24)16(25-19(20)22)14-15-9-5-4-6-10-15/h4-6,9-10,14H,2-3,7-8,11-13H2,1H3. The highest BCUT2D eigenvalue weighted by molar-refractivity contribution is 8.19. The van der Waals surface area contributed by atoms with Gasteiger partial charge in [-0.2, -0.15) is 0 Å². The quantitative estimate of drug-likeness (QED) is 0.261. The van der Waals surface area contributed by atoms with Crippen molar-refractivity contribution < 1.29 is 14.3 Å². The van der Waals surface area contributed by atoms with Gasteiger partial charge in [0.2, 0.25) is 0 Å². The maximum atomic E-state index is 12.1. The summed E-state index contributed by atoms with van der Waals surface area (Å²) < 4.78 is 5.17. The molecule has 1 amide bonds. The summed E-state index contributed by atoms with van der Waals surface area (Å²) in [4.78, 5) is 26.7. The van der Waals surface area contributed by atoms with E-state index in [4.69, 9.17) is 17.0 Å². The highest BCUT2D eigenvalue weighted by atomic mass is 32.2. The molecule has 1 aromatic rings. The van der Waals surface area contributed by atoms with Crippen LogP contribution in [0.3, 0.4) is 0 Å². The number of carbonyl (C=O) groups is 2. The molecule has 1 aliphatic heterocycles. The molecule has 6 heteroatoms. The maximum Gasteiger partial charge on any atom is 0.305 e. The predicted octanol–water partition coefficient (Wildman–Crippen LogP) is 5.04. The second-order valence-electron chi connectivity index (χ2n) is 5.78. The van der Waals surface area contributed by atoms with Gasteiger partial charge in [-0.05, 0) is 36.2 Å². The first kappa shape index (κ1) is 19.7. The summed E-state index contributed by atoms with van der Waals surface area (Å²) in [5, 5.41) is -0.0801. The first-order chi connectivity index (χ1) is 12.1. The largest absolute Gasteiger partial charge is 0.466 e. The zero-order valence-electron chi connectivity index (χ0n) is 14.4. The summed E-state index contributed by atoms with van der Waals surface area (Å²) in [6, 6.07) is 9.78. The lowest BCUT2D eigenvalue weighted by molar-refractivity contribution is -0.143. The molecule has 0 atom stereocenters. The summed E-state index contributed by atoms with van der Waals surface area (Å²) in [7, 11) is 0. The number of thioether (sulfide) groups is 1. The van der Waals surface area contributed by atoms with Crippen LogP contribution >= 0.6 is 24.0 Å². The Labute approximate surface area is 158 Å². The number of ether oxygens (including phenoxy) is 1. The molecule has 1 aliphatic rings. The van der Waals surface area contributed by atoms with E-state index in [1.54, 1.807) is 4.90 Å². The van der Waals surface area contributed by atoms with Crippen molar-refractivity contribution in [2.75, 3.05) is 13.2 Å². The summed E-state index contributed by atoms with van der Waals surface area (Å²) in [6.45, 7) is 3.03. The van der Waals surface area contributed by atoms with E-state index in [9.17, 15) is 9.59 Å². The van der Waals surface area contributed by atoms with Gasteiger partial charge in [0, 0.05) is 13.0 Å². The fraction of sp³-hybridized carbons (Fsp3) is 0.421. The van der Waals surface area contributed by atoms with Gasteiger partial charge in [-0.25, -0.2) is 0 Å². The van der Waals surface area contributed by atoms with Gasteiger partial charge < -0.3 is 4.74 Å². The molecule has 1 heterocycles. The molecular formula is C19H23NO3S2. The van der Waals surface area contributed by atoms with Crippen LogP contribution in [0.5, 0.6) is 0 Å². The number of nitrogens with zero attached hydrogens (tertiary/aromatic N) is 1. The van der Waals surface area contributed by atoms with Gasteiger partial charge in [0.1, 0.15) is 4.99 Å². The summed E-state index contributed by atoms with van der Waals surface area (Å²) in [6.07, 6.45) is 5.85. The average molecular weight is 378 g/mol. The second-order valence-corrected chi connectivity index (χ2v) is 7.16. The Balaban J connectivity index is 1.79. The van der Waals surface area contributed by atoms with Crippen LogP contribution in [-0.4, -0.2) is 34.2 Å². The number of esters is 1. The molecule has 0 spiro atoms. The van der Waals surface area contributed by atoms with E-state index in [-0.39, 0.29) is 11.2 Å². The molecular weight excluding hydrogens is 354 g/mol. The highest BCUT2D eigenvalue weighted by Crippen LogP contribution is 2.33. The minimum atomic E-state index is -0.207. The van der Waals surface area contributed by atoms with Gasteiger partial charge in [-0.1, -0.05) is 62.3 Å². The van der Waals surface area contributed by atoms with Gasteiger partial charge in [-0.15, -0.1) is 0 Å².